The Bertz CT molecular complexity index is 2100. The standard InChI is InChI=1S/C22H25N7OS.C15H19ClN4OS/c1-2-29(4-3-28-5-7-30-8-6-28)13-18-17(1)20-21(25-14-26-22(20)31-18)27-19-9-15-10-23-11-16(15)12-24-19;16-14-13-11-1-2-20(4-3-19-5-7-21-8-6-19)9-12(11)22-15(13)18-10-17-14/h9-10,12,14H,1-8,11,13H2,(H,24,25,26,27);10H,1-9H2. The van der Waals surface area contributed by atoms with Gasteiger partial charge in [-0.15, -0.1) is 22.7 Å². The predicted molar refractivity (Wildman–Crippen MR) is 211 cm³/mol. The summed E-state index contributed by atoms with van der Waals surface area (Å²) < 4.78 is 10.9. The van der Waals surface area contributed by atoms with Crippen LogP contribution in [0.25, 0.3) is 20.4 Å². The van der Waals surface area contributed by atoms with Gasteiger partial charge in [-0.2, -0.15) is 0 Å². The van der Waals surface area contributed by atoms with Crippen LogP contribution in [0.4, 0.5) is 11.6 Å². The van der Waals surface area contributed by atoms with Crippen LogP contribution in [0, 0.1) is 0 Å². The van der Waals surface area contributed by atoms with Crippen LogP contribution in [0.3, 0.4) is 0 Å². The molecule has 0 bridgehead atoms. The highest BCUT2D eigenvalue weighted by Gasteiger charge is 2.26. The molecular formula is C37H44ClN11O2S2. The second-order valence-electron chi connectivity index (χ2n) is 14.1. The van der Waals surface area contributed by atoms with Crippen LogP contribution in [0.2, 0.25) is 5.15 Å². The lowest BCUT2D eigenvalue weighted by Gasteiger charge is -2.31. The van der Waals surface area contributed by atoms with E-state index >= 15 is 0 Å². The zero-order valence-corrected chi connectivity index (χ0v) is 32.2. The molecule has 10 rings (SSSR count). The van der Waals surface area contributed by atoms with Crippen LogP contribution < -0.4 is 5.32 Å². The van der Waals surface area contributed by atoms with E-state index in [0.717, 1.165) is 162 Å². The van der Waals surface area contributed by atoms with E-state index < -0.39 is 0 Å². The molecule has 2 fully saturated rings. The summed E-state index contributed by atoms with van der Waals surface area (Å²) in [6.45, 7) is 17.1. The van der Waals surface area contributed by atoms with Crippen molar-refractivity contribution in [3.8, 4) is 0 Å². The number of halogens is 1. The van der Waals surface area contributed by atoms with Gasteiger partial charge in [-0.3, -0.25) is 24.6 Å². The minimum atomic E-state index is 0.601. The number of anilines is 2. The van der Waals surface area contributed by atoms with Crippen molar-refractivity contribution < 1.29 is 9.47 Å². The van der Waals surface area contributed by atoms with E-state index in [1.165, 1.54) is 26.4 Å². The summed E-state index contributed by atoms with van der Waals surface area (Å²) in [7, 11) is 0. The van der Waals surface area contributed by atoms with Crippen molar-refractivity contribution in [3.63, 3.8) is 0 Å². The summed E-state index contributed by atoms with van der Waals surface area (Å²) in [6.07, 6.45) is 9.10. The molecule has 0 aromatic carbocycles. The fraction of sp³-hybridized carbons (Fsp3) is 0.514. The lowest BCUT2D eigenvalue weighted by atomic mass is 10.0. The summed E-state index contributed by atoms with van der Waals surface area (Å²) in [5.41, 5.74) is 5.07. The zero-order chi connectivity index (χ0) is 35.6. The Morgan fingerprint density at radius 2 is 1.26 bits per heavy atom. The van der Waals surface area contributed by atoms with Gasteiger partial charge in [0.2, 0.25) is 0 Å². The average molecular weight is 774 g/mol. The molecule has 0 spiro atoms. The monoisotopic (exact) mass is 773 g/mol. The number of morpholine rings is 2. The van der Waals surface area contributed by atoms with Crippen LogP contribution in [0.5, 0.6) is 0 Å². The molecule has 0 atom stereocenters. The SMILES string of the molecule is C1=NCc2cnc(Nc3ncnc4sc5c(c34)CCN(CCN3CCOCC3)C5)cc21.Clc1ncnc2sc3c(c12)CCN(CCN1CCOCC1)C3. The van der Waals surface area contributed by atoms with Crippen molar-refractivity contribution in [1.82, 2.24) is 44.5 Å². The van der Waals surface area contributed by atoms with Gasteiger partial charge in [0.15, 0.2) is 0 Å². The molecule has 16 heteroatoms. The first-order chi connectivity index (χ1) is 26.1. The molecule has 53 heavy (non-hydrogen) atoms. The van der Waals surface area contributed by atoms with Crippen molar-refractivity contribution in [1.29, 1.82) is 0 Å². The lowest BCUT2D eigenvalue weighted by Crippen LogP contribution is -2.42. The Morgan fingerprint density at radius 1 is 0.679 bits per heavy atom. The number of ether oxygens (including phenoxy) is 2. The van der Waals surface area contributed by atoms with Gasteiger partial charge < -0.3 is 14.8 Å². The Kier molecular flexibility index (Phi) is 10.9. The van der Waals surface area contributed by atoms with E-state index in [0.29, 0.717) is 5.15 Å². The second kappa shape index (κ2) is 16.2. The number of hydrogen-bond donors (Lipinski definition) is 1. The normalized spacial score (nSPS) is 19.6. The second-order valence-corrected chi connectivity index (χ2v) is 16.6. The molecule has 5 aliphatic heterocycles. The van der Waals surface area contributed by atoms with Crippen molar-refractivity contribution >= 4 is 72.6 Å². The van der Waals surface area contributed by atoms with Gasteiger partial charge in [-0.25, -0.2) is 24.9 Å². The summed E-state index contributed by atoms with van der Waals surface area (Å²) in [4.78, 5) is 41.5. The van der Waals surface area contributed by atoms with Crippen LogP contribution in [-0.2, 0) is 41.9 Å². The number of aliphatic imine (C=N–C) groups is 1. The maximum absolute atomic E-state index is 6.26. The summed E-state index contributed by atoms with van der Waals surface area (Å²) in [6, 6.07) is 2.05. The summed E-state index contributed by atoms with van der Waals surface area (Å²) >= 11 is 9.83. The van der Waals surface area contributed by atoms with Gasteiger partial charge in [-0.1, -0.05) is 11.6 Å². The number of thiophene rings is 2. The maximum Gasteiger partial charge on any atom is 0.144 e. The smallest absolute Gasteiger partial charge is 0.144 e. The Hall–Kier alpha value is -3.25. The number of nitrogens with zero attached hydrogens (tertiary/aromatic N) is 10. The van der Waals surface area contributed by atoms with Crippen LogP contribution >= 0.6 is 34.3 Å². The molecule has 2 saturated heterocycles. The molecule has 1 N–H and O–H groups in total. The highest BCUT2D eigenvalue weighted by molar-refractivity contribution is 7.19. The fourth-order valence-electron chi connectivity index (χ4n) is 7.80. The molecule has 13 nitrogen and oxygen atoms in total. The van der Waals surface area contributed by atoms with Gasteiger partial charge in [0.1, 0.15) is 39.1 Å². The largest absolute Gasteiger partial charge is 0.379 e. The van der Waals surface area contributed by atoms with Crippen molar-refractivity contribution in [2.75, 3.05) is 97.2 Å². The third-order valence-electron chi connectivity index (χ3n) is 10.8. The first-order valence-corrected chi connectivity index (χ1v) is 20.6. The molecule has 5 aromatic heterocycles. The Morgan fingerprint density at radius 3 is 1.92 bits per heavy atom. The predicted octanol–water partition coefficient (Wildman–Crippen LogP) is 4.49. The summed E-state index contributed by atoms with van der Waals surface area (Å²) in [5.74, 6) is 1.65. The van der Waals surface area contributed by atoms with E-state index in [9.17, 15) is 0 Å². The molecular weight excluding hydrogens is 730 g/mol. The average Bonchev–Trinajstić information content (AvgIpc) is 3.93. The van der Waals surface area contributed by atoms with Crippen molar-refractivity contribution in [2.24, 2.45) is 4.99 Å². The van der Waals surface area contributed by atoms with Crippen molar-refractivity contribution in [3.05, 3.63) is 62.1 Å². The first-order valence-electron chi connectivity index (χ1n) is 18.6. The first kappa shape index (κ1) is 35.5. The maximum atomic E-state index is 6.26. The number of aromatic nitrogens is 5. The van der Waals surface area contributed by atoms with E-state index in [1.807, 2.05) is 18.5 Å². The van der Waals surface area contributed by atoms with E-state index in [2.05, 4.69) is 54.8 Å². The molecule has 0 saturated carbocycles. The van der Waals surface area contributed by atoms with Gasteiger partial charge in [0, 0.05) is 112 Å². The van der Waals surface area contributed by atoms with Crippen molar-refractivity contribution in [2.45, 2.75) is 32.5 Å². The number of hydrogen-bond acceptors (Lipinski definition) is 15. The number of nitrogens with one attached hydrogen (secondary N) is 1. The quantitative estimate of drug-likeness (QED) is 0.224. The molecule has 5 aliphatic rings. The number of fused-ring (bicyclic) bond motifs is 7. The molecule has 0 aliphatic carbocycles. The van der Waals surface area contributed by atoms with Crippen LogP contribution in [0.1, 0.15) is 32.0 Å². The molecule has 0 amide bonds. The fourth-order valence-corrected chi connectivity index (χ4v) is 10.6. The van der Waals surface area contributed by atoms with Gasteiger partial charge in [-0.05, 0) is 30.0 Å². The molecule has 10 heterocycles. The van der Waals surface area contributed by atoms with Gasteiger partial charge >= 0.3 is 0 Å². The van der Waals surface area contributed by atoms with Gasteiger partial charge in [0.05, 0.1) is 43.7 Å². The van der Waals surface area contributed by atoms with E-state index in [1.54, 1.807) is 35.3 Å². The lowest BCUT2D eigenvalue weighted by molar-refractivity contribution is 0.0327. The zero-order valence-electron chi connectivity index (χ0n) is 29.8. The minimum absolute atomic E-state index is 0.601. The molecule has 0 radical (unpaired) electrons. The Labute approximate surface area is 322 Å². The summed E-state index contributed by atoms with van der Waals surface area (Å²) in [5, 5.41) is 6.28. The van der Waals surface area contributed by atoms with Gasteiger partial charge in [0.25, 0.3) is 0 Å². The highest BCUT2D eigenvalue weighted by atomic mass is 35.5. The molecule has 0 unspecified atom stereocenters. The highest BCUT2D eigenvalue weighted by Crippen LogP contribution is 2.39. The van der Waals surface area contributed by atoms with Crippen LogP contribution in [-0.4, -0.2) is 143 Å². The molecule has 5 aromatic rings. The Balaban J connectivity index is 0.000000149. The number of pyridine rings is 1. The molecule has 278 valence electrons. The van der Waals surface area contributed by atoms with E-state index in [4.69, 9.17) is 21.1 Å². The van der Waals surface area contributed by atoms with Crippen LogP contribution in [0.15, 0.2) is 29.9 Å². The van der Waals surface area contributed by atoms with E-state index in [-0.39, 0.29) is 0 Å². The topological polar surface area (TPSA) is 120 Å². The number of rotatable bonds is 8. The third kappa shape index (κ3) is 7.95. The third-order valence-corrected chi connectivity index (χ3v) is 13.4. The minimum Gasteiger partial charge on any atom is -0.379 e.